The first-order valence-corrected chi connectivity index (χ1v) is 6.56. The molecule has 1 N–H and O–H groups in total. The van der Waals surface area contributed by atoms with E-state index in [9.17, 15) is 4.21 Å². The van der Waals surface area contributed by atoms with Crippen molar-refractivity contribution in [2.24, 2.45) is 0 Å². The third-order valence-electron chi connectivity index (χ3n) is 1.77. The van der Waals surface area contributed by atoms with Gasteiger partial charge < -0.3 is 5.32 Å². The topological polar surface area (TPSA) is 29.1 Å². The zero-order valence-corrected chi connectivity index (χ0v) is 9.91. The van der Waals surface area contributed by atoms with Crippen molar-refractivity contribution < 1.29 is 4.21 Å². The molecule has 0 heterocycles. The molecule has 14 heavy (non-hydrogen) atoms. The minimum Gasteiger partial charge on any atom is -0.384 e. The molecule has 0 amide bonds. The highest BCUT2D eigenvalue weighted by Crippen LogP contribution is 2.23. The third kappa shape index (κ3) is 3.31. The van der Waals surface area contributed by atoms with Crippen LogP contribution < -0.4 is 5.32 Å². The van der Waals surface area contributed by atoms with E-state index in [0.717, 1.165) is 17.8 Å². The zero-order valence-electron chi connectivity index (χ0n) is 8.34. The maximum atomic E-state index is 11.0. The van der Waals surface area contributed by atoms with E-state index in [1.807, 2.05) is 25.1 Å². The summed E-state index contributed by atoms with van der Waals surface area (Å²) in [6.45, 7) is 2.85. The average Bonchev–Trinajstić information content (AvgIpc) is 2.10. The van der Waals surface area contributed by atoms with Crippen LogP contribution in [-0.2, 0) is 16.6 Å². The number of rotatable bonds is 4. The van der Waals surface area contributed by atoms with Gasteiger partial charge in [-0.3, -0.25) is 4.21 Å². The molecule has 0 saturated carbocycles. The van der Waals surface area contributed by atoms with Gasteiger partial charge in [0.1, 0.15) is 0 Å². The molecule has 4 heteroatoms. The highest BCUT2D eigenvalue weighted by atomic mass is 35.5. The van der Waals surface area contributed by atoms with Crippen molar-refractivity contribution in [1.29, 1.82) is 0 Å². The fourth-order valence-corrected chi connectivity index (χ4v) is 2.06. The molecule has 1 aromatic rings. The molecule has 0 aromatic heterocycles. The van der Waals surface area contributed by atoms with Gasteiger partial charge in [0.25, 0.3) is 0 Å². The molecule has 1 atom stereocenters. The quantitative estimate of drug-likeness (QED) is 0.863. The fraction of sp³-hybridized carbons (Fsp3) is 0.400. The van der Waals surface area contributed by atoms with Crippen LogP contribution in [0.3, 0.4) is 0 Å². The molecule has 0 aliphatic carbocycles. The van der Waals surface area contributed by atoms with Crippen LogP contribution in [0.2, 0.25) is 5.02 Å². The Kier molecular flexibility index (Phi) is 4.42. The van der Waals surface area contributed by atoms with Crippen molar-refractivity contribution in [3.63, 3.8) is 0 Å². The van der Waals surface area contributed by atoms with E-state index in [4.69, 9.17) is 11.6 Å². The van der Waals surface area contributed by atoms with Crippen LogP contribution in [0.15, 0.2) is 18.2 Å². The molecule has 0 spiro atoms. The number of benzene rings is 1. The Labute approximate surface area is 92.1 Å². The predicted octanol–water partition coefficient (Wildman–Crippen LogP) is 2.65. The summed E-state index contributed by atoms with van der Waals surface area (Å²) >= 11 is 5.97. The second-order valence-electron chi connectivity index (χ2n) is 3.06. The van der Waals surface area contributed by atoms with Crippen LogP contribution in [0.1, 0.15) is 12.5 Å². The van der Waals surface area contributed by atoms with Gasteiger partial charge >= 0.3 is 0 Å². The van der Waals surface area contributed by atoms with E-state index in [-0.39, 0.29) is 0 Å². The van der Waals surface area contributed by atoms with Gasteiger partial charge in [0.2, 0.25) is 0 Å². The Bertz CT molecular complexity index is 341. The third-order valence-corrected chi connectivity index (χ3v) is 2.84. The molecule has 0 radical (unpaired) electrons. The summed E-state index contributed by atoms with van der Waals surface area (Å²) in [5, 5.41) is 3.86. The zero-order chi connectivity index (χ0) is 10.6. The molecule has 0 bridgehead atoms. The summed E-state index contributed by atoms with van der Waals surface area (Å²) in [6.07, 6.45) is 1.70. The molecule has 78 valence electrons. The Hall–Kier alpha value is -0.540. The van der Waals surface area contributed by atoms with Crippen LogP contribution in [0, 0.1) is 0 Å². The molecule has 0 aliphatic heterocycles. The standard InChI is InChI=1S/C10H14ClNOS/c1-3-12-10-6-8(7-14(2)13)4-5-9(10)11/h4-6,12H,3,7H2,1-2H3. The smallest absolute Gasteiger partial charge is 0.0637 e. The van der Waals surface area contributed by atoms with Crippen molar-refractivity contribution in [1.82, 2.24) is 0 Å². The van der Waals surface area contributed by atoms with Crippen LogP contribution in [0.5, 0.6) is 0 Å². The van der Waals surface area contributed by atoms with Crippen molar-refractivity contribution >= 4 is 28.1 Å². The Morgan fingerprint density at radius 2 is 2.21 bits per heavy atom. The molecular formula is C10H14ClNOS. The molecule has 0 fully saturated rings. The first-order chi connectivity index (χ1) is 6.63. The van der Waals surface area contributed by atoms with Crippen LogP contribution in [0.25, 0.3) is 0 Å². The largest absolute Gasteiger partial charge is 0.384 e. The van der Waals surface area contributed by atoms with Crippen molar-refractivity contribution in [2.45, 2.75) is 12.7 Å². The molecule has 1 aromatic carbocycles. The number of hydrogen-bond acceptors (Lipinski definition) is 2. The second kappa shape index (κ2) is 5.37. The summed E-state index contributed by atoms with van der Waals surface area (Å²) < 4.78 is 11.0. The van der Waals surface area contributed by atoms with Gasteiger partial charge in [-0.2, -0.15) is 0 Å². The fourth-order valence-electron chi connectivity index (χ4n) is 1.22. The van der Waals surface area contributed by atoms with Gasteiger partial charge in [0.15, 0.2) is 0 Å². The number of halogens is 1. The highest BCUT2D eigenvalue weighted by Gasteiger charge is 2.02. The van der Waals surface area contributed by atoms with E-state index in [1.165, 1.54) is 0 Å². The minimum absolute atomic E-state index is 0.579. The lowest BCUT2D eigenvalue weighted by molar-refractivity contribution is 0.686. The van der Waals surface area contributed by atoms with Gasteiger partial charge in [-0.15, -0.1) is 0 Å². The molecular weight excluding hydrogens is 218 g/mol. The maximum Gasteiger partial charge on any atom is 0.0637 e. The van der Waals surface area contributed by atoms with Crippen molar-refractivity contribution in [3.8, 4) is 0 Å². The summed E-state index contributed by atoms with van der Waals surface area (Å²) in [7, 11) is -0.806. The average molecular weight is 232 g/mol. The Balaban J connectivity index is 2.88. The van der Waals surface area contributed by atoms with E-state index in [0.29, 0.717) is 10.8 Å². The highest BCUT2D eigenvalue weighted by molar-refractivity contribution is 7.83. The summed E-state index contributed by atoms with van der Waals surface area (Å²) in [5.74, 6) is 0.579. The summed E-state index contributed by atoms with van der Waals surface area (Å²) in [6, 6.07) is 5.69. The normalized spacial score (nSPS) is 12.5. The molecule has 0 saturated heterocycles. The van der Waals surface area contributed by atoms with E-state index in [1.54, 1.807) is 6.26 Å². The summed E-state index contributed by atoms with van der Waals surface area (Å²) in [4.78, 5) is 0. The second-order valence-corrected chi connectivity index (χ2v) is 4.90. The molecule has 0 aliphatic rings. The van der Waals surface area contributed by atoms with E-state index in [2.05, 4.69) is 5.32 Å². The first kappa shape index (κ1) is 11.5. The molecule has 2 nitrogen and oxygen atoms in total. The number of hydrogen-bond donors (Lipinski definition) is 1. The monoisotopic (exact) mass is 231 g/mol. The van der Waals surface area contributed by atoms with Gasteiger partial charge in [-0.05, 0) is 24.6 Å². The predicted molar refractivity (Wildman–Crippen MR) is 63.4 cm³/mol. The number of nitrogens with one attached hydrogen (secondary N) is 1. The summed E-state index contributed by atoms with van der Waals surface area (Å²) in [5.41, 5.74) is 1.96. The van der Waals surface area contributed by atoms with Gasteiger partial charge in [-0.25, -0.2) is 0 Å². The van der Waals surface area contributed by atoms with E-state index >= 15 is 0 Å². The maximum absolute atomic E-state index is 11.0. The number of anilines is 1. The Morgan fingerprint density at radius 1 is 1.50 bits per heavy atom. The van der Waals surface area contributed by atoms with E-state index < -0.39 is 10.8 Å². The lowest BCUT2D eigenvalue weighted by Gasteiger charge is -2.07. The van der Waals surface area contributed by atoms with Crippen molar-refractivity contribution in [2.75, 3.05) is 18.1 Å². The van der Waals surface area contributed by atoms with Gasteiger partial charge in [-0.1, -0.05) is 17.7 Å². The Morgan fingerprint density at radius 3 is 2.79 bits per heavy atom. The van der Waals surface area contributed by atoms with Gasteiger partial charge in [0.05, 0.1) is 10.7 Å². The lowest BCUT2D eigenvalue weighted by Crippen LogP contribution is -1.99. The molecule has 1 unspecified atom stereocenters. The van der Waals surface area contributed by atoms with Crippen LogP contribution in [0.4, 0.5) is 5.69 Å². The molecule has 1 rings (SSSR count). The van der Waals surface area contributed by atoms with Crippen LogP contribution in [-0.4, -0.2) is 17.0 Å². The van der Waals surface area contributed by atoms with Crippen molar-refractivity contribution in [3.05, 3.63) is 28.8 Å². The van der Waals surface area contributed by atoms with Gasteiger partial charge in [0, 0.05) is 29.4 Å². The first-order valence-electron chi connectivity index (χ1n) is 4.45. The van der Waals surface area contributed by atoms with Crippen LogP contribution >= 0.6 is 11.6 Å². The minimum atomic E-state index is -0.806. The SMILES string of the molecule is CCNc1cc(CS(C)=O)ccc1Cl. The lowest BCUT2D eigenvalue weighted by atomic mass is 10.2.